The summed E-state index contributed by atoms with van der Waals surface area (Å²) in [5.74, 6) is 0. The van der Waals surface area contributed by atoms with Crippen LogP contribution in [0.5, 0.6) is 0 Å². The maximum atomic E-state index is 11.7. The van der Waals surface area contributed by atoms with Crippen molar-refractivity contribution >= 4 is 10.0 Å². The zero-order valence-electron chi connectivity index (χ0n) is 9.26. The van der Waals surface area contributed by atoms with E-state index in [1.165, 1.54) is 0 Å². The smallest absolute Gasteiger partial charge is 0.240 e. The van der Waals surface area contributed by atoms with Gasteiger partial charge in [-0.05, 0) is 25.0 Å². The van der Waals surface area contributed by atoms with Crippen LogP contribution in [0.3, 0.4) is 0 Å². The van der Waals surface area contributed by atoms with Crippen molar-refractivity contribution in [3.63, 3.8) is 0 Å². The van der Waals surface area contributed by atoms with Crippen molar-refractivity contribution in [3.05, 3.63) is 30.3 Å². The summed E-state index contributed by atoms with van der Waals surface area (Å²) in [7, 11) is -3.43. The van der Waals surface area contributed by atoms with Gasteiger partial charge in [0.25, 0.3) is 0 Å². The Morgan fingerprint density at radius 3 is 2.50 bits per heavy atom. The van der Waals surface area contributed by atoms with Crippen LogP contribution in [-0.4, -0.2) is 26.2 Å². The molecule has 16 heavy (non-hydrogen) atoms. The average molecular weight is 243 g/mol. The van der Waals surface area contributed by atoms with Gasteiger partial charge in [0.15, 0.2) is 0 Å². The Balaban J connectivity index is 2.54. The van der Waals surface area contributed by atoms with E-state index in [1.54, 1.807) is 30.3 Å². The van der Waals surface area contributed by atoms with Gasteiger partial charge >= 0.3 is 0 Å². The lowest BCUT2D eigenvalue weighted by Crippen LogP contribution is -2.27. The van der Waals surface area contributed by atoms with Gasteiger partial charge < -0.3 is 5.11 Å². The Labute approximate surface area is 96.4 Å². The van der Waals surface area contributed by atoms with Gasteiger partial charge in [0, 0.05) is 6.54 Å². The Morgan fingerprint density at radius 2 is 1.94 bits per heavy atom. The number of aliphatic hydroxyl groups is 1. The van der Waals surface area contributed by atoms with Gasteiger partial charge in [0.1, 0.15) is 0 Å². The maximum absolute atomic E-state index is 11.7. The van der Waals surface area contributed by atoms with E-state index in [4.69, 9.17) is 0 Å². The number of hydrogen-bond acceptors (Lipinski definition) is 3. The van der Waals surface area contributed by atoms with Crippen LogP contribution in [0.4, 0.5) is 0 Å². The third-order valence-electron chi connectivity index (χ3n) is 2.29. The van der Waals surface area contributed by atoms with Crippen LogP contribution in [0, 0.1) is 0 Å². The Kier molecular flexibility index (Phi) is 4.92. The minimum absolute atomic E-state index is 0.251. The van der Waals surface area contributed by atoms with Crippen molar-refractivity contribution in [1.29, 1.82) is 0 Å². The van der Waals surface area contributed by atoms with Crippen LogP contribution < -0.4 is 4.72 Å². The SMILES string of the molecule is CCC(O)CCNS(=O)(=O)c1ccccc1. The molecule has 0 aliphatic carbocycles. The van der Waals surface area contributed by atoms with E-state index >= 15 is 0 Å². The monoisotopic (exact) mass is 243 g/mol. The molecule has 1 atom stereocenters. The highest BCUT2D eigenvalue weighted by atomic mass is 32.2. The third-order valence-corrected chi connectivity index (χ3v) is 3.77. The highest BCUT2D eigenvalue weighted by Gasteiger charge is 2.12. The molecule has 2 N–H and O–H groups in total. The normalized spacial score (nSPS) is 13.6. The molecule has 0 saturated carbocycles. The van der Waals surface area contributed by atoms with Gasteiger partial charge in [-0.2, -0.15) is 0 Å². The van der Waals surface area contributed by atoms with E-state index in [0.717, 1.165) is 0 Å². The van der Waals surface area contributed by atoms with Crippen molar-refractivity contribution < 1.29 is 13.5 Å². The minimum Gasteiger partial charge on any atom is -0.393 e. The van der Waals surface area contributed by atoms with Gasteiger partial charge in [0.05, 0.1) is 11.0 Å². The molecule has 4 nitrogen and oxygen atoms in total. The fraction of sp³-hybridized carbons (Fsp3) is 0.455. The molecule has 90 valence electrons. The van der Waals surface area contributed by atoms with Gasteiger partial charge in [0.2, 0.25) is 10.0 Å². The largest absolute Gasteiger partial charge is 0.393 e. The van der Waals surface area contributed by atoms with Crippen LogP contribution in [0.1, 0.15) is 19.8 Å². The van der Waals surface area contributed by atoms with E-state index in [9.17, 15) is 13.5 Å². The zero-order chi connectivity index (χ0) is 12.0. The van der Waals surface area contributed by atoms with E-state index < -0.39 is 16.1 Å². The van der Waals surface area contributed by atoms with Crippen LogP contribution in [-0.2, 0) is 10.0 Å². The van der Waals surface area contributed by atoms with E-state index in [-0.39, 0.29) is 11.4 Å². The molecule has 5 heteroatoms. The van der Waals surface area contributed by atoms with Crippen LogP contribution in [0.25, 0.3) is 0 Å². The van der Waals surface area contributed by atoms with Crippen LogP contribution in [0.15, 0.2) is 35.2 Å². The third kappa shape index (κ3) is 3.92. The van der Waals surface area contributed by atoms with E-state index in [1.807, 2.05) is 6.92 Å². The molecule has 0 fully saturated rings. The first-order valence-corrected chi connectivity index (χ1v) is 6.77. The zero-order valence-corrected chi connectivity index (χ0v) is 10.1. The second kappa shape index (κ2) is 5.98. The topological polar surface area (TPSA) is 66.4 Å². The molecule has 0 aliphatic heterocycles. The van der Waals surface area contributed by atoms with Gasteiger partial charge in [-0.15, -0.1) is 0 Å². The summed E-state index contributed by atoms with van der Waals surface area (Å²) in [6, 6.07) is 8.20. The molecule has 0 aliphatic rings. The molecule has 0 saturated heterocycles. The standard InChI is InChI=1S/C11H17NO3S/c1-2-10(13)8-9-12-16(14,15)11-6-4-3-5-7-11/h3-7,10,12-13H,2,8-9H2,1H3. The fourth-order valence-electron chi connectivity index (χ4n) is 1.25. The first-order chi connectivity index (χ1) is 7.56. The Hall–Kier alpha value is -0.910. The summed E-state index contributed by atoms with van der Waals surface area (Å²) in [5, 5.41) is 9.29. The average Bonchev–Trinajstić information content (AvgIpc) is 2.30. The summed E-state index contributed by atoms with van der Waals surface area (Å²) >= 11 is 0. The summed E-state index contributed by atoms with van der Waals surface area (Å²) < 4.78 is 25.9. The number of sulfonamides is 1. The molecule has 0 spiro atoms. The molecule has 1 aromatic rings. The van der Waals surface area contributed by atoms with Crippen LogP contribution in [0.2, 0.25) is 0 Å². The molecule has 0 heterocycles. The Bertz CT molecular complexity index is 402. The molecular weight excluding hydrogens is 226 g/mol. The lowest BCUT2D eigenvalue weighted by Gasteiger charge is -2.09. The summed E-state index contributed by atoms with van der Waals surface area (Å²) in [6.07, 6.45) is 0.619. The summed E-state index contributed by atoms with van der Waals surface area (Å²) in [6.45, 7) is 2.11. The number of hydrogen-bond donors (Lipinski definition) is 2. The fourth-order valence-corrected chi connectivity index (χ4v) is 2.32. The van der Waals surface area contributed by atoms with Crippen molar-refractivity contribution in [2.24, 2.45) is 0 Å². The maximum Gasteiger partial charge on any atom is 0.240 e. The molecule has 0 bridgehead atoms. The highest BCUT2D eigenvalue weighted by molar-refractivity contribution is 7.89. The molecule has 1 rings (SSSR count). The molecule has 0 amide bonds. The van der Waals surface area contributed by atoms with E-state index in [0.29, 0.717) is 12.8 Å². The minimum atomic E-state index is -3.43. The molecule has 1 aromatic carbocycles. The van der Waals surface area contributed by atoms with Crippen molar-refractivity contribution in [3.8, 4) is 0 Å². The van der Waals surface area contributed by atoms with E-state index in [2.05, 4.69) is 4.72 Å². The second-order valence-electron chi connectivity index (χ2n) is 3.56. The Morgan fingerprint density at radius 1 is 1.31 bits per heavy atom. The molecular formula is C11H17NO3S. The molecule has 0 radical (unpaired) electrons. The predicted molar refractivity (Wildman–Crippen MR) is 62.5 cm³/mol. The van der Waals surface area contributed by atoms with Crippen molar-refractivity contribution in [2.75, 3.05) is 6.54 Å². The molecule has 0 aromatic heterocycles. The van der Waals surface area contributed by atoms with Crippen molar-refractivity contribution in [2.45, 2.75) is 30.8 Å². The highest BCUT2D eigenvalue weighted by Crippen LogP contribution is 2.07. The number of nitrogens with one attached hydrogen (secondary N) is 1. The summed E-state index contributed by atoms with van der Waals surface area (Å²) in [5.41, 5.74) is 0. The number of benzene rings is 1. The second-order valence-corrected chi connectivity index (χ2v) is 5.33. The first-order valence-electron chi connectivity index (χ1n) is 5.29. The number of aliphatic hydroxyl groups excluding tert-OH is 1. The van der Waals surface area contributed by atoms with Crippen LogP contribution >= 0.6 is 0 Å². The van der Waals surface area contributed by atoms with Gasteiger partial charge in [-0.1, -0.05) is 25.1 Å². The summed E-state index contributed by atoms with van der Waals surface area (Å²) in [4.78, 5) is 0.251. The lowest BCUT2D eigenvalue weighted by molar-refractivity contribution is 0.162. The quantitative estimate of drug-likeness (QED) is 0.787. The molecule has 1 unspecified atom stereocenters. The lowest BCUT2D eigenvalue weighted by atomic mass is 10.2. The first kappa shape index (κ1) is 13.2. The van der Waals surface area contributed by atoms with Gasteiger partial charge in [-0.25, -0.2) is 13.1 Å². The predicted octanol–water partition coefficient (Wildman–Crippen LogP) is 1.13. The number of rotatable bonds is 6. The van der Waals surface area contributed by atoms with Crippen molar-refractivity contribution in [1.82, 2.24) is 4.72 Å². The van der Waals surface area contributed by atoms with Gasteiger partial charge in [-0.3, -0.25) is 0 Å².